The van der Waals surface area contributed by atoms with Crippen LogP contribution in [-0.4, -0.2) is 57.0 Å². The molecule has 5 heteroatoms. The molecule has 0 radical (unpaired) electrons. The number of rotatable bonds is 4. The van der Waals surface area contributed by atoms with Gasteiger partial charge < -0.3 is 5.32 Å². The van der Waals surface area contributed by atoms with Crippen LogP contribution in [0.4, 0.5) is 0 Å². The van der Waals surface area contributed by atoms with Crippen LogP contribution in [0, 0.1) is 0 Å². The Balaban J connectivity index is 2.00. The predicted molar refractivity (Wildman–Crippen MR) is 74.5 cm³/mol. The van der Waals surface area contributed by atoms with E-state index in [-0.39, 0.29) is 5.25 Å². The van der Waals surface area contributed by atoms with Gasteiger partial charge in [0.15, 0.2) is 0 Å². The number of nitrogens with zero attached hydrogens (tertiary/aromatic N) is 1. The van der Waals surface area contributed by atoms with Crippen LogP contribution in [0.1, 0.15) is 38.5 Å². The first-order valence-corrected chi connectivity index (χ1v) is 9.07. The maximum Gasteiger partial charge on any atom is 0.150 e. The molecule has 1 aliphatic heterocycles. The Labute approximate surface area is 111 Å². The molecule has 2 aliphatic rings. The summed E-state index contributed by atoms with van der Waals surface area (Å²) in [5, 5.41) is 3.16. The van der Waals surface area contributed by atoms with Crippen molar-refractivity contribution in [2.75, 3.05) is 26.4 Å². The molecule has 1 heterocycles. The standard InChI is InChI=1S/C13H26N2O2S/c1-14-10-12-6-4-8-15(12)11-5-3-7-13(9-11)18(2,16)17/h11-14H,3-10H2,1-2H3. The van der Waals surface area contributed by atoms with Crippen molar-refractivity contribution >= 4 is 9.84 Å². The summed E-state index contributed by atoms with van der Waals surface area (Å²) in [4.78, 5) is 2.56. The third kappa shape index (κ3) is 3.25. The quantitative estimate of drug-likeness (QED) is 0.832. The summed E-state index contributed by atoms with van der Waals surface area (Å²) >= 11 is 0. The first kappa shape index (κ1) is 14.3. The summed E-state index contributed by atoms with van der Waals surface area (Å²) in [6.45, 7) is 2.17. The molecule has 1 N–H and O–H groups in total. The van der Waals surface area contributed by atoms with E-state index in [4.69, 9.17) is 0 Å². The molecule has 106 valence electrons. The Bertz CT molecular complexity index is 369. The van der Waals surface area contributed by atoms with Crippen molar-refractivity contribution in [1.82, 2.24) is 10.2 Å². The highest BCUT2D eigenvalue weighted by atomic mass is 32.2. The molecule has 2 rings (SSSR count). The fraction of sp³-hybridized carbons (Fsp3) is 1.00. The normalized spacial score (nSPS) is 34.9. The van der Waals surface area contributed by atoms with Crippen molar-refractivity contribution in [1.29, 1.82) is 0 Å². The van der Waals surface area contributed by atoms with Crippen molar-refractivity contribution in [2.45, 2.75) is 55.9 Å². The zero-order chi connectivity index (χ0) is 13.2. The second kappa shape index (κ2) is 5.88. The summed E-state index contributed by atoms with van der Waals surface area (Å²) in [6.07, 6.45) is 7.85. The van der Waals surface area contributed by atoms with Crippen LogP contribution < -0.4 is 5.32 Å². The Morgan fingerprint density at radius 1 is 1.22 bits per heavy atom. The fourth-order valence-electron chi connectivity index (χ4n) is 3.60. The molecule has 1 saturated carbocycles. The summed E-state index contributed by atoms with van der Waals surface area (Å²) in [5.41, 5.74) is 0. The molecule has 18 heavy (non-hydrogen) atoms. The van der Waals surface area contributed by atoms with Gasteiger partial charge in [0.25, 0.3) is 0 Å². The van der Waals surface area contributed by atoms with Gasteiger partial charge in [-0.2, -0.15) is 0 Å². The summed E-state index contributed by atoms with van der Waals surface area (Å²) in [6, 6.07) is 1.10. The van der Waals surface area contributed by atoms with E-state index in [9.17, 15) is 8.42 Å². The van der Waals surface area contributed by atoms with Gasteiger partial charge in [0.1, 0.15) is 9.84 Å². The smallest absolute Gasteiger partial charge is 0.150 e. The SMILES string of the molecule is CNCC1CCCN1C1CCCC(S(C)(=O)=O)C1. The topological polar surface area (TPSA) is 49.4 Å². The van der Waals surface area contributed by atoms with Crippen molar-refractivity contribution in [2.24, 2.45) is 0 Å². The number of hydrogen-bond acceptors (Lipinski definition) is 4. The highest BCUT2D eigenvalue weighted by Crippen LogP contribution is 2.31. The van der Waals surface area contributed by atoms with E-state index in [2.05, 4.69) is 10.2 Å². The molecule has 0 aromatic rings. The van der Waals surface area contributed by atoms with E-state index in [1.54, 1.807) is 0 Å². The number of nitrogens with one attached hydrogen (secondary N) is 1. The lowest BCUT2D eigenvalue weighted by Crippen LogP contribution is -2.47. The lowest BCUT2D eigenvalue weighted by atomic mass is 9.93. The Morgan fingerprint density at radius 2 is 2.00 bits per heavy atom. The van der Waals surface area contributed by atoms with E-state index in [1.165, 1.54) is 25.5 Å². The maximum absolute atomic E-state index is 11.7. The predicted octanol–water partition coefficient (Wildman–Crippen LogP) is 1.03. The van der Waals surface area contributed by atoms with Gasteiger partial charge in [-0.3, -0.25) is 4.90 Å². The van der Waals surface area contributed by atoms with Gasteiger partial charge in [0.05, 0.1) is 5.25 Å². The number of likely N-dealkylation sites (N-methyl/N-ethyl adjacent to an activating group) is 1. The first-order chi connectivity index (χ1) is 8.52. The molecule has 3 atom stereocenters. The number of sulfone groups is 1. The minimum atomic E-state index is -2.86. The van der Waals surface area contributed by atoms with E-state index >= 15 is 0 Å². The van der Waals surface area contributed by atoms with Gasteiger partial charge in [-0.05, 0) is 45.7 Å². The first-order valence-electron chi connectivity index (χ1n) is 7.11. The van der Waals surface area contributed by atoms with Crippen molar-refractivity contribution in [3.8, 4) is 0 Å². The van der Waals surface area contributed by atoms with Gasteiger partial charge in [-0.1, -0.05) is 6.42 Å². The molecule has 1 saturated heterocycles. The van der Waals surface area contributed by atoms with E-state index in [1.807, 2.05) is 7.05 Å². The minimum Gasteiger partial charge on any atom is -0.318 e. The minimum absolute atomic E-state index is 0.105. The summed E-state index contributed by atoms with van der Waals surface area (Å²) in [5.74, 6) is 0. The molecule has 0 amide bonds. The highest BCUT2D eigenvalue weighted by Gasteiger charge is 2.36. The van der Waals surface area contributed by atoms with E-state index < -0.39 is 9.84 Å². The van der Waals surface area contributed by atoms with Gasteiger partial charge in [0.2, 0.25) is 0 Å². The second-order valence-electron chi connectivity index (χ2n) is 5.86. The largest absolute Gasteiger partial charge is 0.318 e. The van der Waals surface area contributed by atoms with Crippen LogP contribution in [0.2, 0.25) is 0 Å². The highest BCUT2D eigenvalue weighted by molar-refractivity contribution is 7.91. The van der Waals surface area contributed by atoms with Crippen molar-refractivity contribution in [3.05, 3.63) is 0 Å². The van der Waals surface area contributed by atoms with E-state index in [0.29, 0.717) is 12.1 Å². The zero-order valence-corrected chi connectivity index (χ0v) is 12.4. The Hall–Kier alpha value is -0.130. The zero-order valence-electron chi connectivity index (χ0n) is 11.6. The summed E-state index contributed by atoms with van der Waals surface area (Å²) < 4.78 is 23.4. The lowest BCUT2D eigenvalue weighted by molar-refractivity contribution is 0.142. The molecule has 0 bridgehead atoms. The lowest BCUT2D eigenvalue weighted by Gasteiger charge is -2.38. The number of hydrogen-bond donors (Lipinski definition) is 1. The van der Waals surface area contributed by atoms with Crippen LogP contribution in [0.5, 0.6) is 0 Å². The Morgan fingerprint density at radius 3 is 2.67 bits per heavy atom. The number of likely N-dealkylation sites (tertiary alicyclic amines) is 1. The van der Waals surface area contributed by atoms with Gasteiger partial charge in [-0.15, -0.1) is 0 Å². The third-order valence-corrected chi connectivity index (χ3v) is 6.17. The molecule has 0 aromatic carbocycles. The monoisotopic (exact) mass is 274 g/mol. The second-order valence-corrected chi connectivity index (χ2v) is 8.19. The average Bonchev–Trinajstić information content (AvgIpc) is 2.77. The molecule has 0 aromatic heterocycles. The van der Waals surface area contributed by atoms with Crippen LogP contribution in [0.25, 0.3) is 0 Å². The molecule has 2 fully saturated rings. The molecule has 3 unspecified atom stereocenters. The van der Waals surface area contributed by atoms with Crippen LogP contribution in [-0.2, 0) is 9.84 Å². The maximum atomic E-state index is 11.7. The Kier molecular flexibility index (Phi) is 4.67. The van der Waals surface area contributed by atoms with Crippen molar-refractivity contribution < 1.29 is 8.42 Å². The average molecular weight is 274 g/mol. The van der Waals surface area contributed by atoms with Gasteiger partial charge >= 0.3 is 0 Å². The molecule has 1 aliphatic carbocycles. The van der Waals surface area contributed by atoms with Crippen LogP contribution in [0.3, 0.4) is 0 Å². The van der Waals surface area contributed by atoms with Gasteiger partial charge in [0, 0.05) is 24.9 Å². The molecular weight excluding hydrogens is 248 g/mol. The van der Waals surface area contributed by atoms with Crippen molar-refractivity contribution in [3.63, 3.8) is 0 Å². The summed E-state index contributed by atoms with van der Waals surface area (Å²) in [7, 11) is -0.864. The van der Waals surface area contributed by atoms with Crippen LogP contribution >= 0.6 is 0 Å². The van der Waals surface area contributed by atoms with Crippen LogP contribution in [0.15, 0.2) is 0 Å². The van der Waals surface area contributed by atoms with E-state index in [0.717, 1.165) is 32.4 Å². The third-order valence-electron chi connectivity index (χ3n) is 4.54. The van der Waals surface area contributed by atoms with Gasteiger partial charge in [-0.25, -0.2) is 8.42 Å². The molecular formula is C13H26N2O2S. The molecule has 0 spiro atoms. The molecule has 4 nitrogen and oxygen atoms in total. The fourth-order valence-corrected chi connectivity index (χ4v) is 4.77.